The molecular weight excluding hydrogens is 346 g/mol. The molecule has 1 saturated heterocycles. The van der Waals surface area contributed by atoms with E-state index in [0.717, 1.165) is 13.0 Å². The molecular formula is C25H37NO2. The first-order valence-electron chi connectivity index (χ1n) is 10.9. The first-order chi connectivity index (χ1) is 13.7. The Balaban J connectivity index is 0.000000259. The molecule has 0 aromatic heterocycles. The van der Waals surface area contributed by atoms with Crippen molar-refractivity contribution in [3.8, 4) is 0 Å². The van der Waals surface area contributed by atoms with Crippen molar-refractivity contribution in [3.63, 3.8) is 0 Å². The summed E-state index contributed by atoms with van der Waals surface area (Å²) in [6.07, 6.45) is 10.9. The fourth-order valence-corrected chi connectivity index (χ4v) is 3.70. The average molecular weight is 384 g/mol. The molecule has 4 rings (SSSR count). The van der Waals surface area contributed by atoms with Crippen molar-refractivity contribution in [1.82, 2.24) is 5.32 Å². The molecule has 1 N–H and O–H groups in total. The van der Waals surface area contributed by atoms with Crippen LogP contribution in [0.1, 0.15) is 64.4 Å². The maximum atomic E-state index is 9.44. The van der Waals surface area contributed by atoms with Gasteiger partial charge in [0.25, 0.3) is 0 Å². The Kier molecular flexibility index (Phi) is 10.9. The second-order valence-corrected chi connectivity index (χ2v) is 7.88. The smallest absolute Gasteiger partial charge is 0.126 e. The molecule has 3 nitrogen and oxygen atoms in total. The quantitative estimate of drug-likeness (QED) is 0.736. The molecule has 154 valence electrons. The fraction of sp³-hybridized carbons (Fsp3) is 0.560. The van der Waals surface area contributed by atoms with Gasteiger partial charge in [0.1, 0.15) is 5.78 Å². The summed E-state index contributed by atoms with van der Waals surface area (Å²) < 4.78 is 6.04. The van der Waals surface area contributed by atoms with Crippen LogP contribution in [0.5, 0.6) is 0 Å². The molecule has 0 amide bonds. The van der Waals surface area contributed by atoms with Gasteiger partial charge in [-0.25, -0.2) is 0 Å². The van der Waals surface area contributed by atoms with Crippen LogP contribution in [0, 0.1) is 0 Å². The summed E-state index contributed by atoms with van der Waals surface area (Å²) in [5, 5.41) is 5.93. The SMILES string of the molecule is C1CCNC1.CC(C)=O.c1ccc2c(CCOC3CCCCC3)cccc2c1. The number of nitrogens with one attached hydrogen (secondary N) is 1. The lowest BCUT2D eigenvalue weighted by Crippen LogP contribution is -2.17. The number of carbonyl (C=O) groups is 1. The number of fused-ring (bicyclic) bond motifs is 1. The highest BCUT2D eigenvalue weighted by Crippen LogP contribution is 2.22. The Hall–Kier alpha value is -1.71. The minimum Gasteiger partial charge on any atom is -0.378 e. The van der Waals surface area contributed by atoms with Crippen LogP contribution in [0.3, 0.4) is 0 Å². The van der Waals surface area contributed by atoms with Crippen LogP contribution < -0.4 is 5.32 Å². The molecule has 3 heteroatoms. The highest BCUT2D eigenvalue weighted by molar-refractivity contribution is 5.85. The Morgan fingerprint density at radius 3 is 2.21 bits per heavy atom. The average Bonchev–Trinajstić information content (AvgIpc) is 3.29. The van der Waals surface area contributed by atoms with Crippen LogP contribution in [0.15, 0.2) is 42.5 Å². The number of rotatable bonds is 4. The van der Waals surface area contributed by atoms with E-state index in [1.165, 1.54) is 88.2 Å². The number of carbonyl (C=O) groups excluding carboxylic acids is 1. The predicted molar refractivity (Wildman–Crippen MR) is 119 cm³/mol. The lowest BCUT2D eigenvalue weighted by molar-refractivity contribution is -0.114. The Morgan fingerprint density at radius 1 is 0.929 bits per heavy atom. The molecule has 0 radical (unpaired) electrons. The zero-order chi connectivity index (χ0) is 20.0. The van der Waals surface area contributed by atoms with Gasteiger partial charge < -0.3 is 14.8 Å². The van der Waals surface area contributed by atoms with E-state index in [4.69, 9.17) is 4.74 Å². The molecule has 2 aliphatic rings. The molecule has 0 unspecified atom stereocenters. The van der Waals surface area contributed by atoms with Crippen molar-refractivity contribution >= 4 is 16.6 Å². The zero-order valence-corrected chi connectivity index (χ0v) is 17.7. The summed E-state index contributed by atoms with van der Waals surface area (Å²) in [5.41, 5.74) is 1.41. The van der Waals surface area contributed by atoms with E-state index in [2.05, 4.69) is 47.8 Å². The van der Waals surface area contributed by atoms with Crippen molar-refractivity contribution in [2.45, 2.75) is 71.3 Å². The Bertz CT molecular complexity index is 671. The predicted octanol–water partition coefficient (Wildman–Crippen LogP) is 5.70. The van der Waals surface area contributed by atoms with Crippen LogP contribution in [0.25, 0.3) is 10.8 Å². The van der Waals surface area contributed by atoms with Crippen LogP contribution >= 0.6 is 0 Å². The van der Waals surface area contributed by atoms with Gasteiger partial charge in [-0.1, -0.05) is 61.7 Å². The fourth-order valence-electron chi connectivity index (χ4n) is 3.70. The third-order valence-electron chi connectivity index (χ3n) is 5.11. The summed E-state index contributed by atoms with van der Waals surface area (Å²) in [4.78, 5) is 9.44. The highest BCUT2D eigenvalue weighted by atomic mass is 16.5. The van der Waals surface area contributed by atoms with Crippen molar-refractivity contribution in [1.29, 1.82) is 0 Å². The lowest BCUT2D eigenvalue weighted by atomic mass is 9.98. The van der Waals surface area contributed by atoms with Gasteiger partial charge in [-0.3, -0.25) is 0 Å². The summed E-state index contributed by atoms with van der Waals surface area (Å²) in [6.45, 7) is 6.42. The summed E-state index contributed by atoms with van der Waals surface area (Å²) in [5.74, 6) is 0.167. The van der Waals surface area contributed by atoms with Gasteiger partial charge in [-0.15, -0.1) is 0 Å². The number of hydrogen-bond donors (Lipinski definition) is 1. The number of ether oxygens (including phenoxy) is 1. The Morgan fingerprint density at radius 2 is 1.57 bits per heavy atom. The van der Waals surface area contributed by atoms with Crippen LogP contribution in [-0.4, -0.2) is 31.6 Å². The van der Waals surface area contributed by atoms with E-state index < -0.39 is 0 Å². The van der Waals surface area contributed by atoms with Crippen molar-refractivity contribution in [2.75, 3.05) is 19.7 Å². The largest absolute Gasteiger partial charge is 0.378 e. The van der Waals surface area contributed by atoms with E-state index in [-0.39, 0.29) is 5.78 Å². The molecule has 2 aromatic rings. The second kappa shape index (κ2) is 13.5. The molecule has 2 fully saturated rings. The zero-order valence-electron chi connectivity index (χ0n) is 17.7. The first-order valence-corrected chi connectivity index (χ1v) is 10.9. The Labute approximate surface area is 170 Å². The van der Waals surface area contributed by atoms with Gasteiger partial charge in [0.15, 0.2) is 0 Å². The van der Waals surface area contributed by atoms with E-state index in [1.54, 1.807) is 0 Å². The van der Waals surface area contributed by atoms with Gasteiger partial charge in [-0.2, -0.15) is 0 Å². The van der Waals surface area contributed by atoms with Crippen LogP contribution in [-0.2, 0) is 16.0 Å². The van der Waals surface area contributed by atoms with Crippen LogP contribution in [0.2, 0.25) is 0 Å². The molecule has 1 aliphatic carbocycles. The third kappa shape index (κ3) is 8.99. The lowest BCUT2D eigenvalue weighted by Gasteiger charge is -2.22. The van der Waals surface area contributed by atoms with E-state index in [0.29, 0.717) is 6.10 Å². The van der Waals surface area contributed by atoms with Crippen LogP contribution in [0.4, 0.5) is 0 Å². The molecule has 1 aliphatic heterocycles. The van der Waals surface area contributed by atoms with Gasteiger partial charge in [0.05, 0.1) is 12.7 Å². The first kappa shape index (κ1) is 22.6. The summed E-state index contributed by atoms with van der Waals surface area (Å²) in [6, 6.07) is 15.2. The normalized spacial score (nSPS) is 16.6. The second-order valence-electron chi connectivity index (χ2n) is 7.88. The topological polar surface area (TPSA) is 38.3 Å². The summed E-state index contributed by atoms with van der Waals surface area (Å²) in [7, 11) is 0. The monoisotopic (exact) mass is 383 g/mol. The van der Waals surface area contributed by atoms with E-state index >= 15 is 0 Å². The number of ketones is 1. The molecule has 1 heterocycles. The van der Waals surface area contributed by atoms with Gasteiger partial charge in [-0.05, 0) is 75.4 Å². The van der Waals surface area contributed by atoms with Crippen molar-refractivity contribution < 1.29 is 9.53 Å². The molecule has 0 spiro atoms. The number of hydrogen-bond acceptors (Lipinski definition) is 3. The van der Waals surface area contributed by atoms with E-state index in [1.807, 2.05) is 0 Å². The maximum Gasteiger partial charge on any atom is 0.126 e. The third-order valence-corrected chi connectivity index (χ3v) is 5.11. The number of benzene rings is 2. The minimum atomic E-state index is 0.167. The van der Waals surface area contributed by atoms with Crippen molar-refractivity contribution in [2.24, 2.45) is 0 Å². The van der Waals surface area contributed by atoms with Gasteiger partial charge >= 0.3 is 0 Å². The van der Waals surface area contributed by atoms with Gasteiger partial charge in [0, 0.05) is 0 Å². The molecule has 0 bridgehead atoms. The molecule has 2 aromatic carbocycles. The number of Topliss-reactive ketones (excluding diaryl/α,β-unsaturated/α-hetero) is 1. The minimum absolute atomic E-state index is 0.167. The van der Waals surface area contributed by atoms with Gasteiger partial charge in [0.2, 0.25) is 0 Å². The molecule has 28 heavy (non-hydrogen) atoms. The maximum absolute atomic E-state index is 9.44. The molecule has 1 saturated carbocycles. The summed E-state index contributed by atoms with van der Waals surface area (Å²) >= 11 is 0. The molecule has 0 atom stereocenters. The highest BCUT2D eigenvalue weighted by Gasteiger charge is 2.13. The van der Waals surface area contributed by atoms with E-state index in [9.17, 15) is 4.79 Å². The van der Waals surface area contributed by atoms with Crippen molar-refractivity contribution in [3.05, 3.63) is 48.0 Å². The standard InChI is InChI=1S/C18H22O.C4H9N.C3H6O/c1-2-10-17(11-3-1)19-14-13-16-9-6-8-15-7-4-5-12-18(15)16;1-2-4-5-3-1;1-3(2)4/h4-9,12,17H,1-3,10-11,13-14H2;5H,1-4H2;1-2H3.